The monoisotopic (exact) mass is 141 g/mol. The summed E-state index contributed by atoms with van der Waals surface area (Å²) in [7, 11) is 0. The fourth-order valence-corrected chi connectivity index (χ4v) is 1.82. The first kappa shape index (κ1) is 7.58. The van der Waals surface area contributed by atoms with Crippen molar-refractivity contribution in [2.75, 3.05) is 0 Å². The molecule has 58 valence electrons. The van der Waals surface area contributed by atoms with Crippen LogP contribution in [0.25, 0.3) is 0 Å². The van der Waals surface area contributed by atoms with E-state index in [0.29, 0.717) is 11.3 Å². The molecule has 0 amide bonds. The van der Waals surface area contributed by atoms with Gasteiger partial charge in [-0.2, -0.15) is 0 Å². The summed E-state index contributed by atoms with van der Waals surface area (Å²) in [5, 5.41) is 11.8. The van der Waals surface area contributed by atoms with Crippen LogP contribution in [0.4, 0.5) is 0 Å². The molecule has 0 heterocycles. The summed E-state index contributed by atoms with van der Waals surface area (Å²) in [4.78, 5) is 0. The van der Waals surface area contributed by atoms with Gasteiger partial charge in [0, 0.05) is 0 Å². The molecule has 0 spiro atoms. The molecule has 0 bridgehead atoms. The van der Waals surface area contributed by atoms with Gasteiger partial charge in [0.1, 0.15) is 0 Å². The van der Waals surface area contributed by atoms with Crippen LogP contribution >= 0.6 is 0 Å². The van der Waals surface area contributed by atoms with Crippen molar-refractivity contribution >= 4 is 5.71 Å². The Hall–Kier alpha value is -0.530. The molecule has 1 aliphatic rings. The number of oxime groups is 1. The van der Waals surface area contributed by atoms with E-state index in [9.17, 15) is 0 Å². The first-order valence-corrected chi connectivity index (χ1v) is 3.76. The Morgan fingerprint density at radius 3 is 2.40 bits per heavy atom. The Bertz CT molecular complexity index is 161. The van der Waals surface area contributed by atoms with Gasteiger partial charge in [0.2, 0.25) is 0 Å². The Morgan fingerprint density at radius 2 is 2.20 bits per heavy atom. The molecule has 1 unspecified atom stereocenters. The lowest BCUT2D eigenvalue weighted by molar-refractivity contribution is 0.315. The predicted octanol–water partition coefficient (Wildman–Crippen LogP) is 2.27. The van der Waals surface area contributed by atoms with Crippen molar-refractivity contribution in [2.24, 2.45) is 16.5 Å². The second kappa shape index (κ2) is 2.26. The molecule has 1 N–H and O–H groups in total. The van der Waals surface area contributed by atoms with Crippen LogP contribution in [-0.4, -0.2) is 10.9 Å². The highest BCUT2D eigenvalue weighted by atomic mass is 16.4. The Labute approximate surface area is 61.9 Å². The second-order valence-corrected chi connectivity index (χ2v) is 4.04. The number of nitrogens with zero attached hydrogens (tertiary/aromatic N) is 1. The van der Waals surface area contributed by atoms with Crippen LogP contribution in [0.1, 0.15) is 33.6 Å². The molecule has 1 atom stereocenters. The predicted molar refractivity (Wildman–Crippen MR) is 41.4 cm³/mol. The van der Waals surface area contributed by atoms with Crippen molar-refractivity contribution in [1.29, 1.82) is 0 Å². The zero-order valence-corrected chi connectivity index (χ0v) is 6.89. The standard InChI is InChI=1S/C8H15NO/c1-6-4-8(2,3)5-7(6)9-10/h6,10H,4-5H2,1-3H3. The zero-order chi connectivity index (χ0) is 7.78. The van der Waals surface area contributed by atoms with Gasteiger partial charge in [-0.3, -0.25) is 0 Å². The van der Waals surface area contributed by atoms with E-state index in [0.717, 1.165) is 18.6 Å². The van der Waals surface area contributed by atoms with Crippen LogP contribution in [0.3, 0.4) is 0 Å². The van der Waals surface area contributed by atoms with Crippen molar-refractivity contribution in [3.63, 3.8) is 0 Å². The topological polar surface area (TPSA) is 32.6 Å². The molecule has 0 aromatic carbocycles. The summed E-state index contributed by atoms with van der Waals surface area (Å²) in [5.41, 5.74) is 1.31. The van der Waals surface area contributed by atoms with Gasteiger partial charge in [0.25, 0.3) is 0 Å². The first-order chi connectivity index (χ1) is 4.55. The zero-order valence-electron chi connectivity index (χ0n) is 6.89. The summed E-state index contributed by atoms with van der Waals surface area (Å²) in [6.07, 6.45) is 2.09. The largest absolute Gasteiger partial charge is 0.411 e. The molecule has 0 aliphatic heterocycles. The van der Waals surface area contributed by atoms with E-state index in [1.54, 1.807) is 0 Å². The third kappa shape index (κ3) is 1.31. The van der Waals surface area contributed by atoms with E-state index >= 15 is 0 Å². The van der Waals surface area contributed by atoms with E-state index in [-0.39, 0.29) is 0 Å². The lowest BCUT2D eigenvalue weighted by atomic mass is 9.91. The fourth-order valence-electron chi connectivity index (χ4n) is 1.82. The third-order valence-corrected chi connectivity index (χ3v) is 2.22. The molecule has 0 radical (unpaired) electrons. The van der Waals surface area contributed by atoms with Crippen LogP contribution in [0, 0.1) is 11.3 Å². The van der Waals surface area contributed by atoms with Gasteiger partial charge < -0.3 is 5.21 Å². The van der Waals surface area contributed by atoms with E-state index in [2.05, 4.69) is 25.9 Å². The molecule has 2 heteroatoms. The number of hydrogen-bond donors (Lipinski definition) is 1. The fraction of sp³-hybridized carbons (Fsp3) is 0.875. The molecule has 0 saturated heterocycles. The molecule has 1 fully saturated rings. The molecule has 0 aromatic rings. The van der Waals surface area contributed by atoms with Crippen molar-refractivity contribution in [2.45, 2.75) is 33.6 Å². The van der Waals surface area contributed by atoms with Crippen LogP contribution in [0.15, 0.2) is 5.16 Å². The van der Waals surface area contributed by atoms with E-state index in [1.807, 2.05) is 0 Å². The molecule has 10 heavy (non-hydrogen) atoms. The van der Waals surface area contributed by atoms with Crippen molar-refractivity contribution in [3.05, 3.63) is 0 Å². The van der Waals surface area contributed by atoms with Crippen LogP contribution < -0.4 is 0 Å². The molecule has 1 saturated carbocycles. The highest BCUT2D eigenvalue weighted by Crippen LogP contribution is 2.38. The lowest BCUT2D eigenvalue weighted by Gasteiger charge is -2.14. The lowest BCUT2D eigenvalue weighted by Crippen LogP contribution is -2.04. The molecule has 1 rings (SSSR count). The average molecular weight is 141 g/mol. The summed E-state index contributed by atoms with van der Waals surface area (Å²) >= 11 is 0. The minimum Gasteiger partial charge on any atom is -0.411 e. The normalized spacial score (nSPS) is 35.1. The number of rotatable bonds is 0. The highest BCUT2D eigenvalue weighted by Gasteiger charge is 2.33. The Balaban J connectivity index is 2.71. The summed E-state index contributed by atoms with van der Waals surface area (Å²) < 4.78 is 0. The third-order valence-electron chi connectivity index (χ3n) is 2.22. The van der Waals surface area contributed by atoms with Crippen LogP contribution in [-0.2, 0) is 0 Å². The van der Waals surface area contributed by atoms with Gasteiger partial charge in [0.15, 0.2) is 0 Å². The summed E-state index contributed by atoms with van der Waals surface area (Å²) in [6.45, 7) is 6.53. The molecular formula is C8H15NO. The Morgan fingerprint density at radius 1 is 1.60 bits per heavy atom. The average Bonchev–Trinajstić information content (AvgIpc) is 2.05. The number of hydrogen-bond acceptors (Lipinski definition) is 2. The van der Waals surface area contributed by atoms with Crippen molar-refractivity contribution in [3.8, 4) is 0 Å². The maximum Gasteiger partial charge on any atom is 0.0604 e. The van der Waals surface area contributed by atoms with Gasteiger partial charge in [-0.25, -0.2) is 0 Å². The van der Waals surface area contributed by atoms with Gasteiger partial charge in [-0.05, 0) is 24.2 Å². The van der Waals surface area contributed by atoms with Crippen LogP contribution in [0.5, 0.6) is 0 Å². The quantitative estimate of drug-likeness (QED) is 0.407. The maximum absolute atomic E-state index is 8.56. The maximum atomic E-state index is 8.56. The summed E-state index contributed by atoms with van der Waals surface area (Å²) in [6, 6.07) is 0. The highest BCUT2D eigenvalue weighted by molar-refractivity contribution is 5.88. The molecule has 2 nitrogen and oxygen atoms in total. The van der Waals surface area contributed by atoms with Gasteiger partial charge in [0.05, 0.1) is 5.71 Å². The van der Waals surface area contributed by atoms with Gasteiger partial charge in [-0.1, -0.05) is 25.9 Å². The van der Waals surface area contributed by atoms with E-state index in [1.165, 1.54) is 0 Å². The SMILES string of the molecule is CC1CC(C)(C)CC1=NO. The first-order valence-electron chi connectivity index (χ1n) is 3.76. The Kier molecular flexibility index (Phi) is 1.71. The van der Waals surface area contributed by atoms with Gasteiger partial charge in [-0.15, -0.1) is 0 Å². The minimum absolute atomic E-state index is 0.348. The van der Waals surface area contributed by atoms with Gasteiger partial charge >= 0.3 is 0 Å². The minimum atomic E-state index is 0.348. The smallest absolute Gasteiger partial charge is 0.0604 e. The van der Waals surface area contributed by atoms with E-state index in [4.69, 9.17) is 5.21 Å². The van der Waals surface area contributed by atoms with Crippen molar-refractivity contribution in [1.82, 2.24) is 0 Å². The second-order valence-electron chi connectivity index (χ2n) is 4.04. The summed E-state index contributed by atoms with van der Waals surface area (Å²) in [5.74, 6) is 0.472. The van der Waals surface area contributed by atoms with Crippen molar-refractivity contribution < 1.29 is 5.21 Å². The van der Waals surface area contributed by atoms with Crippen LogP contribution in [0.2, 0.25) is 0 Å². The van der Waals surface area contributed by atoms with E-state index < -0.39 is 0 Å². The molecule has 1 aliphatic carbocycles. The molecule has 0 aromatic heterocycles. The molecular weight excluding hydrogens is 126 g/mol.